The zero-order chi connectivity index (χ0) is 30.5. The minimum atomic E-state index is -0.523. The summed E-state index contributed by atoms with van der Waals surface area (Å²) in [5.74, 6) is 4.46. The molecule has 0 spiro atoms. The summed E-state index contributed by atoms with van der Waals surface area (Å²) in [6, 6.07) is 0. The third-order valence-corrected chi connectivity index (χ3v) is 12.6. The van der Waals surface area contributed by atoms with Crippen LogP contribution in [0.1, 0.15) is 147 Å². The van der Waals surface area contributed by atoms with Crippen molar-refractivity contribution >= 4 is 11.9 Å². The van der Waals surface area contributed by atoms with Gasteiger partial charge in [-0.2, -0.15) is 0 Å². The van der Waals surface area contributed by atoms with Gasteiger partial charge in [0, 0.05) is 5.92 Å². The lowest BCUT2D eigenvalue weighted by Gasteiger charge is -2.62. The number of fused-ring (bicyclic) bond motifs is 5. The van der Waals surface area contributed by atoms with Crippen LogP contribution in [0.5, 0.6) is 0 Å². The van der Waals surface area contributed by atoms with E-state index in [1.807, 2.05) is 41.5 Å². The predicted molar refractivity (Wildman–Crippen MR) is 167 cm³/mol. The largest absolute Gasteiger partial charge is 0.462 e. The molecule has 0 aromatic heterocycles. The molecule has 4 aliphatic rings. The summed E-state index contributed by atoms with van der Waals surface area (Å²) in [5.41, 5.74) is -0.501. The van der Waals surface area contributed by atoms with Gasteiger partial charge in [-0.25, -0.2) is 0 Å². The van der Waals surface area contributed by atoms with Crippen LogP contribution in [-0.2, 0) is 19.1 Å². The third kappa shape index (κ3) is 6.57. The Labute approximate surface area is 252 Å². The molecule has 0 bridgehead atoms. The Morgan fingerprint density at radius 1 is 0.732 bits per heavy atom. The Bertz CT molecular complexity index is 940. The van der Waals surface area contributed by atoms with E-state index < -0.39 is 10.8 Å². The minimum Gasteiger partial charge on any atom is -0.462 e. The molecular weight excluding hydrogens is 508 g/mol. The van der Waals surface area contributed by atoms with Crippen molar-refractivity contribution in [3.05, 3.63) is 0 Å². The molecule has 0 amide bonds. The van der Waals surface area contributed by atoms with E-state index in [2.05, 4.69) is 34.6 Å². The third-order valence-electron chi connectivity index (χ3n) is 12.6. The second-order valence-corrected chi connectivity index (χ2v) is 18.0. The van der Waals surface area contributed by atoms with Gasteiger partial charge in [0.15, 0.2) is 0 Å². The van der Waals surface area contributed by atoms with Crippen molar-refractivity contribution < 1.29 is 19.1 Å². The Balaban J connectivity index is 1.58. The van der Waals surface area contributed by atoms with E-state index in [0.717, 1.165) is 49.4 Å². The van der Waals surface area contributed by atoms with Crippen molar-refractivity contribution in [2.75, 3.05) is 0 Å². The molecule has 0 aromatic carbocycles. The molecular formula is C37H64O4. The normalized spacial score (nSPS) is 39.9. The topological polar surface area (TPSA) is 52.6 Å². The van der Waals surface area contributed by atoms with Crippen LogP contribution in [-0.4, -0.2) is 24.1 Å². The van der Waals surface area contributed by atoms with Gasteiger partial charge in [-0.15, -0.1) is 0 Å². The fourth-order valence-corrected chi connectivity index (χ4v) is 10.1. The van der Waals surface area contributed by atoms with Gasteiger partial charge in [-0.3, -0.25) is 9.59 Å². The van der Waals surface area contributed by atoms with E-state index in [9.17, 15) is 9.59 Å². The molecule has 4 heteroatoms. The van der Waals surface area contributed by atoms with Gasteiger partial charge in [0.05, 0.1) is 10.8 Å². The second kappa shape index (κ2) is 11.8. The average molecular weight is 573 g/mol. The molecule has 0 N–H and O–H groups in total. The summed E-state index contributed by atoms with van der Waals surface area (Å²) in [6.07, 6.45) is 13.0. The SMILES string of the molecule is CC(C)CCC[C@@H](C)[C@H]1CCC2C3C[C@@H](OC(=O)C(C)(C)C)[C@H]4C[C@@H](OC(=O)C(C)(C)C)CC[C@]4(C)C3CC[C@@]21C. The van der Waals surface area contributed by atoms with E-state index in [0.29, 0.717) is 17.3 Å². The van der Waals surface area contributed by atoms with Gasteiger partial charge in [0.1, 0.15) is 12.2 Å². The number of hydrogen-bond donors (Lipinski definition) is 0. The Morgan fingerprint density at radius 2 is 1.32 bits per heavy atom. The first-order chi connectivity index (χ1) is 18.9. The standard InChI is InChI=1S/C37H64O4/c1-23(2)13-12-14-24(3)27-15-16-28-26-22-31(41-33(39)35(7,8)9)30-21-25(40-32(38)34(4,5)6)17-19-37(30,11)29(26)18-20-36(27,28)10/h23-31H,12-22H2,1-11H3/t24-,25+,26?,27-,28?,29?,30-,31-,36-,37-/m1/s1. The van der Waals surface area contributed by atoms with Crippen LogP contribution in [0.2, 0.25) is 0 Å². The van der Waals surface area contributed by atoms with Crippen LogP contribution in [0.3, 0.4) is 0 Å². The highest BCUT2D eigenvalue weighted by Crippen LogP contribution is 2.69. The predicted octanol–water partition coefficient (Wildman–Crippen LogP) is 9.63. The number of ether oxygens (including phenoxy) is 2. The van der Waals surface area contributed by atoms with Crippen LogP contribution < -0.4 is 0 Å². The smallest absolute Gasteiger partial charge is 0.311 e. The molecule has 0 heterocycles. The van der Waals surface area contributed by atoms with E-state index in [4.69, 9.17) is 9.47 Å². The van der Waals surface area contributed by atoms with Gasteiger partial charge in [-0.05, 0) is 139 Å². The summed E-state index contributed by atoms with van der Waals surface area (Å²) in [6.45, 7) is 24.1. The van der Waals surface area contributed by atoms with E-state index in [1.165, 1.54) is 44.9 Å². The van der Waals surface area contributed by atoms with Gasteiger partial charge in [0.25, 0.3) is 0 Å². The quantitative estimate of drug-likeness (QED) is 0.285. The molecule has 0 aromatic rings. The maximum atomic E-state index is 13.3. The number of rotatable bonds is 7. The first-order valence-electron chi connectivity index (χ1n) is 17.3. The van der Waals surface area contributed by atoms with Gasteiger partial charge < -0.3 is 9.47 Å². The van der Waals surface area contributed by atoms with Crippen molar-refractivity contribution in [1.29, 1.82) is 0 Å². The summed E-state index contributed by atoms with van der Waals surface area (Å²) >= 11 is 0. The van der Waals surface area contributed by atoms with E-state index in [-0.39, 0.29) is 35.5 Å². The highest BCUT2D eigenvalue weighted by molar-refractivity contribution is 5.76. The van der Waals surface area contributed by atoms with E-state index in [1.54, 1.807) is 0 Å². The Kier molecular flexibility index (Phi) is 9.45. The molecule has 236 valence electrons. The first-order valence-corrected chi connectivity index (χ1v) is 17.3. The van der Waals surface area contributed by atoms with Crippen LogP contribution >= 0.6 is 0 Å². The fourth-order valence-electron chi connectivity index (χ4n) is 10.1. The van der Waals surface area contributed by atoms with Crippen LogP contribution in [0.4, 0.5) is 0 Å². The molecule has 10 atom stereocenters. The van der Waals surface area contributed by atoms with Crippen molar-refractivity contribution in [1.82, 2.24) is 0 Å². The fraction of sp³-hybridized carbons (Fsp3) is 0.946. The lowest BCUT2D eigenvalue weighted by molar-refractivity contribution is -0.204. The molecule has 0 saturated heterocycles. The Morgan fingerprint density at radius 3 is 1.93 bits per heavy atom. The highest BCUT2D eigenvalue weighted by atomic mass is 16.6. The summed E-state index contributed by atoms with van der Waals surface area (Å²) in [5, 5.41) is 0. The van der Waals surface area contributed by atoms with Gasteiger partial charge in [-0.1, -0.05) is 53.9 Å². The average Bonchev–Trinajstić information content (AvgIpc) is 3.20. The number of esters is 2. The van der Waals surface area contributed by atoms with E-state index >= 15 is 0 Å². The Hall–Kier alpha value is -1.06. The maximum Gasteiger partial charge on any atom is 0.311 e. The van der Waals surface area contributed by atoms with Crippen molar-refractivity contribution in [2.24, 2.45) is 63.1 Å². The molecule has 3 unspecified atom stereocenters. The van der Waals surface area contributed by atoms with Crippen molar-refractivity contribution in [2.45, 2.75) is 159 Å². The summed E-state index contributed by atoms with van der Waals surface area (Å²) in [4.78, 5) is 26.2. The highest BCUT2D eigenvalue weighted by Gasteiger charge is 2.63. The molecule has 0 aliphatic heterocycles. The minimum absolute atomic E-state index is 0.0800. The van der Waals surface area contributed by atoms with Crippen LogP contribution in [0, 0.1) is 63.1 Å². The molecule has 4 nitrogen and oxygen atoms in total. The molecule has 4 rings (SSSR count). The summed E-state index contributed by atoms with van der Waals surface area (Å²) in [7, 11) is 0. The zero-order valence-electron chi connectivity index (χ0n) is 28.6. The monoisotopic (exact) mass is 572 g/mol. The zero-order valence-corrected chi connectivity index (χ0v) is 28.6. The number of carbonyl (C=O) groups is 2. The van der Waals surface area contributed by atoms with Crippen LogP contribution in [0.25, 0.3) is 0 Å². The van der Waals surface area contributed by atoms with Crippen molar-refractivity contribution in [3.63, 3.8) is 0 Å². The molecule has 4 aliphatic carbocycles. The van der Waals surface area contributed by atoms with Crippen LogP contribution in [0.15, 0.2) is 0 Å². The summed E-state index contributed by atoms with van der Waals surface area (Å²) < 4.78 is 12.6. The van der Waals surface area contributed by atoms with Crippen molar-refractivity contribution in [3.8, 4) is 0 Å². The molecule has 41 heavy (non-hydrogen) atoms. The lowest BCUT2D eigenvalue weighted by atomic mass is 9.43. The van der Waals surface area contributed by atoms with Gasteiger partial charge in [0.2, 0.25) is 0 Å². The number of hydrogen-bond acceptors (Lipinski definition) is 4. The van der Waals surface area contributed by atoms with Gasteiger partial charge >= 0.3 is 11.9 Å². The second-order valence-electron chi connectivity index (χ2n) is 18.0. The molecule has 4 saturated carbocycles. The molecule has 0 radical (unpaired) electrons. The maximum absolute atomic E-state index is 13.3. The molecule has 4 fully saturated rings. The number of carbonyl (C=O) groups excluding carboxylic acids is 2. The lowest BCUT2D eigenvalue weighted by Crippen LogP contribution is -2.59. The first kappa shape index (κ1) is 32.8.